The minimum atomic E-state index is 0.0700. The van der Waals surface area contributed by atoms with E-state index in [-0.39, 0.29) is 11.8 Å². The Morgan fingerprint density at radius 1 is 1.29 bits per heavy atom. The Labute approximate surface area is 144 Å². The van der Waals surface area contributed by atoms with Crippen LogP contribution in [0, 0.1) is 11.8 Å². The molecule has 0 aliphatic carbocycles. The minimum Gasteiger partial charge on any atom is -0.496 e. The lowest BCUT2D eigenvalue weighted by molar-refractivity contribution is -0.132. The van der Waals surface area contributed by atoms with Gasteiger partial charge in [0.15, 0.2) is 0 Å². The molecule has 0 spiro atoms. The van der Waals surface area contributed by atoms with E-state index in [0.29, 0.717) is 24.8 Å². The molecule has 24 heavy (non-hydrogen) atoms. The average Bonchev–Trinajstić information content (AvgIpc) is 2.60. The van der Waals surface area contributed by atoms with Crippen LogP contribution < -0.4 is 10.1 Å². The third-order valence-corrected chi connectivity index (χ3v) is 4.98. The molecule has 5 heteroatoms. The molecule has 1 heterocycles. The van der Waals surface area contributed by atoms with Crippen LogP contribution in [0.1, 0.15) is 38.7 Å². The van der Waals surface area contributed by atoms with Gasteiger partial charge in [0.2, 0.25) is 11.8 Å². The van der Waals surface area contributed by atoms with Crippen molar-refractivity contribution < 1.29 is 14.3 Å². The van der Waals surface area contributed by atoms with E-state index < -0.39 is 0 Å². The number of likely N-dealkylation sites (tertiary alicyclic amines) is 1. The first-order valence-corrected chi connectivity index (χ1v) is 8.69. The van der Waals surface area contributed by atoms with Crippen LogP contribution in [-0.4, -0.2) is 36.9 Å². The molecule has 1 aliphatic rings. The molecule has 2 amide bonds. The van der Waals surface area contributed by atoms with E-state index in [9.17, 15) is 9.59 Å². The Hall–Kier alpha value is -2.04. The molecule has 1 aromatic rings. The fourth-order valence-corrected chi connectivity index (χ4v) is 3.45. The number of hydrogen-bond donors (Lipinski definition) is 1. The van der Waals surface area contributed by atoms with Crippen molar-refractivity contribution in [3.05, 3.63) is 29.8 Å². The molecule has 1 fully saturated rings. The molecule has 0 saturated carbocycles. The summed E-state index contributed by atoms with van der Waals surface area (Å²) in [6, 6.07) is 7.71. The van der Waals surface area contributed by atoms with Gasteiger partial charge in [0.25, 0.3) is 0 Å². The number of ether oxygens (including phenoxy) is 1. The van der Waals surface area contributed by atoms with E-state index in [1.807, 2.05) is 29.2 Å². The fourth-order valence-electron chi connectivity index (χ4n) is 3.45. The molecular formula is C19H28N2O3. The van der Waals surface area contributed by atoms with Gasteiger partial charge in [-0.25, -0.2) is 0 Å². The van der Waals surface area contributed by atoms with Gasteiger partial charge in [-0.15, -0.1) is 0 Å². The Morgan fingerprint density at radius 3 is 2.71 bits per heavy atom. The molecule has 2 rings (SSSR count). The van der Waals surface area contributed by atoms with Gasteiger partial charge in [-0.05, 0) is 24.3 Å². The highest BCUT2D eigenvalue weighted by Crippen LogP contribution is 2.29. The maximum absolute atomic E-state index is 12.3. The first-order chi connectivity index (χ1) is 11.5. The third-order valence-electron chi connectivity index (χ3n) is 4.98. The SMILES string of the molecule is CC[C@@H]1CN(C(C)=O)CC[C@H]1CC(=O)NCc1ccccc1OC. The number of nitrogens with one attached hydrogen (secondary N) is 1. The molecule has 132 valence electrons. The van der Waals surface area contributed by atoms with Crippen LogP contribution in [0.5, 0.6) is 5.75 Å². The zero-order chi connectivity index (χ0) is 17.5. The van der Waals surface area contributed by atoms with E-state index in [0.717, 1.165) is 37.2 Å². The molecule has 0 unspecified atom stereocenters. The molecule has 0 radical (unpaired) electrons. The lowest BCUT2D eigenvalue weighted by Crippen LogP contribution is -2.43. The molecule has 1 aliphatic heterocycles. The molecule has 2 atom stereocenters. The van der Waals surface area contributed by atoms with E-state index in [4.69, 9.17) is 4.74 Å². The second-order valence-corrected chi connectivity index (χ2v) is 6.47. The highest BCUT2D eigenvalue weighted by Gasteiger charge is 2.30. The second-order valence-electron chi connectivity index (χ2n) is 6.47. The van der Waals surface area contributed by atoms with Crippen LogP contribution in [0.15, 0.2) is 24.3 Å². The van der Waals surface area contributed by atoms with Crippen molar-refractivity contribution in [2.24, 2.45) is 11.8 Å². The lowest BCUT2D eigenvalue weighted by atomic mass is 9.81. The maximum Gasteiger partial charge on any atom is 0.220 e. The minimum absolute atomic E-state index is 0.0700. The summed E-state index contributed by atoms with van der Waals surface area (Å²) < 4.78 is 5.31. The molecule has 0 aromatic heterocycles. The molecule has 5 nitrogen and oxygen atoms in total. The van der Waals surface area contributed by atoms with E-state index in [1.54, 1.807) is 14.0 Å². The number of piperidine rings is 1. The Morgan fingerprint density at radius 2 is 2.04 bits per heavy atom. The largest absolute Gasteiger partial charge is 0.496 e. The van der Waals surface area contributed by atoms with E-state index in [1.165, 1.54) is 0 Å². The summed E-state index contributed by atoms with van der Waals surface area (Å²) in [5.74, 6) is 1.75. The second kappa shape index (κ2) is 8.71. The Bertz CT molecular complexity index is 573. The fraction of sp³-hybridized carbons (Fsp3) is 0.579. The Balaban J connectivity index is 1.86. The highest BCUT2D eigenvalue weighted by molar-refractivity contribution is 5.76. The highest BCUT2D eigenvalue weighted by atomic mass is 16.5. The maximum atomic E-state index is 12.3. The van der Waals surface area contributed by atoms with Crippen molar-refractivity contribution in [2.75, 3.05) is 20.2 Å². The molecule has 0 bridgehead atoms. The molecule has 1 aromatic carbocycles. The molecule has 1 saturated heterocycles. The van der Waals surface area contributed by atoms with Crippen LogP contribution in [-0.2, 0) is 16.1 Å². The van der Waals surface area contributed by atoms with Crippen molar-refractivity contribution in [1.82, 2.24) is 10.2 Å². The van der Waals surface area contributed by atoms with Gasteiger partial charge in [0.1, 0.15) is 5.75 Å². The number of rotatable bonds is 6. The first kappa shape index (κ1) is 18.3. The van der Waals surface area contributed by atoms with Crippen molar-refractivity contribution in [3.8, 4) is 5.75 Å². The topological polar surface area (TPSA) is 58.6 Å². The zero-order valence-electron chi connectivity index (χ0n) is 14.9. The number of hydrogen-bond acceptors (Lipinski definition) is 3. The zero-order valence-corrected chi connectivity index (χ0v) is 14.9. The van der Waals surface area contributed by atoms with E-state index >= 15 is 0 Å². The number of carbonyl (C=O) groups excluding carboxylic acids is 2. The average molecular weight is 332 g/mol. The lowest BCUT2D eigenvalue weighted by Gasteiger charge is -2.37. The van der Waals surface area contributed by atoms with Crippen LogP contribution in [0.25, 0.3) is 0 Å². The number of methoxy groups -OCH3 is 1. The van der Waals surface area contributed by atoms with Crippen LogP contribution >= 0.6 is 0 Å². The summed E-state index contributed by atoms with van der Waals surface area (Å²) in [4.78, 5) is 25.8. The van der Waals surface area contributed by atoms with Crippen molar-refractivity contribution in [3.63, 3.8) is 0 Å². The van der Waals surface area contributed by atoms with Crippen LogP contribution in [0.2, 0.25) is 0 Å². The summed E-state index contributed by atoms with van der Waals surface area (Å²) in [5.41, 5.74) is 0.979. The summed E-state index contributed by atoms with van der Waals surface area (Å²) >= 11 is 0. The van der Waals surface area contributed by atoms with E-state index in [2.05, 4.69) is 12.2 Å². The van der Waals surface area contributed by atoms with Crippen molar-refractivity contribution >= 4 is 11.8 Å². The normalized spacial score (nSPS) is 20.5. The Kier molecular flexibility index (Phi) is 6.64. The number of nitrogens with zero attached hydrogens (tertiary/aromatic N) is 1. The van der Waals surface area contributed by atoms with Gasteiger partial charge in [-0.3, -0.25) is 9.59 Å². The summed E-state index contributed by atoms with van der Waals surface area (Å²) in [7, 11) is 1.63. The number of benzene rings is 1. The van der Waals surface area contributed by atoms with Gasteiger partial charge in [0, 0.05) is 38.5 Å². The summed E-state index contributed by atoms with van der Waals surface area (Å²) in [6.07, 6.45) is 2.42. The molecular weight excluding hydrogens is 304 g/mol. The van der Waals surface area contributed by atoms with Gasteiger partial charge in [0.05, 0.1) is 7.11 Å². The van der Waals surface area contributed by atoms with Crippen LogP contribution in [0.3, 0.4) is 0 Å². The van der Waals surface area contributed by atoms with Gasteiger partial charge < -0.3 is 15.0 Å². The van der Waals surface area contributed by atoms with Gasteiger partial charge in [-0.2, -0.15) is 0 Å². The van der Waals surface area contributed by atoms with Gasteiger partial charge >= 0.3 is 0 Å². The monoisotopic (exact) mass is 332 g/mol. The number of amides is 2. The standard InChI is InChI=1S/C19H28N2O3/c1-4-15-13-21(14(2)22)10-9-16(15)11-19(23)20-12-17-7-5-6-8-18(17)24-3/h5-8,15-16H,4,9-13H2,1-3H3,(H,20,23)/t15-,16+/m1/s1. The summed E-state index contributed by atoms with van der Waals surface area (Å²) in [5, 5.41) is 3.00. The number of carbonyl (C=O) groups is 2. The van der Waals surface area contributed by atoms with Crippen molar-refractivity contribution in [1.29, 1.82) is 0 Å². The quantitative estimate of drug-likeness (QED) is 0.871. The van der Waals surface area contributed by atoms with Gasteiger partial charge in [-0.1, -0.05) is 31.5 Å². The third kappa shape index (κ3) is 4.73. The first-order valence-electron chi connectivity index (χ1n) is 8.69. The molecule has 1 N–H and O–H groups in total. The predicted octanol–water partition coefficient (Wildman–Crippen LogP) is 2.60. The van der Waals surface area contributed by atoms with Crippen LogP contribution in [0.4, 0.5) is 0 Å². The van der Waals surface area contributed by atoms with Crippen molar-refractivity contribution in [2.45, 2.75) is 39.7 Å². The predicted molar refractivity (Wildman–Crippen MR) is 93.6 cm³/mol. The summed E-state index contributed by atoms with van der Waals surface area (Å²) in [6.45, 7) is 5.76. The smallest absolute Gasteiger partial charge is 0.220 e. The number of para-hydroxylation sites is 1.